The molecular weight excluding hydrogens is 180 g/mol. The molecule has 0 atom stereocenters. The Hall–Kier alpha value is -0.610. The van der Waals surface area contributed by atoms with E-state index in [1.54, 1.807) is 0 Å². The Labute approximate surface area is 85.4 Å². The molecule has 0 aromatic carbocycles. The fraction of sp³-hybridized carbons (Fsp3) is 0.900. The van der Waals surface area contributed by atoms with Gasteiger partial charge in [0, 0.05) is 12.6 Å². The molecule has 1 rings (SSSR count). The first-order valence-corrected chi connectivity index (χ1v) is 5.42. The minimum Gasteiger partial charge on any atom is -0.466 e. The van der Waals surface area contributed by atoms with Gasteiger partial charge in [-0.15, -0.1) is 0 Å². The molecule has 1 fully saturated rings. The van der Waals surface area contributed by atoms with Gasteiger partial charge in [0.15, 0.2) is 0 Å². The van der Waals surface area contributed by atoms with Crippen LogP contribution in [0.25, 0.3) is 0 Å². The first kappa shape index (κ1) is 11.5. The lowest BCUT2D eigenvalue weighted by Gasteiger charge is -2.23. The molecule has 0 bridgehead atoms. The van der Waals surface area contributed by atoms with Crippen molar-refractivity contribution in [2.24, 2.45) is 0 Å². The van der Waals surface area contributed by atoms with Crippen LogP contribution in [-0.4, -0.2) is 38.3 Å². The maximum atomic E-state index is 11.0. The Morgan fingerprint density at radius 3 is 2.86 bits per heavy atom. The summed E-state index contributed by atoms with van der Waals surface area (Å²) in [5, 5.41) is 6.67. The van der Waals surface area contributed by atoms with Crippen LogP contribution >= 0.6 is 0 Å². The Morgan fingerprint density at radius 1 is 1.50 bits per heavy atom. The summed E-state index contributed by atoms with van der Waals surface area (Å²) in [6, 6.07) is 0.575. The molecule has 0 spiro atoms. The molecule has 4 nitrogen and oxygen atoms in total. The lowest BCUT2D eigenvalue weighted by atomic mass is 10.1. The van der Waals surface area contributed by atoms with E-state index < -0.39 is 0 Å². The van der Waals surface area contributed by atoms with Crippen molar-refractivity contribution in [3.8, 4) is 0 Å². The van der Waals surface area contributed by atoms with E-state index in [4.69, 9.17) is 4.74 Å². The van der Waals surface area contributed by atoms with Gasteiger partial charge in [0.2, 0.25) is 0 Å². The zero-order chi connectivity index (χ0) is 10.2. The quantitative estimate of drug-likeness (QED) is 0.626. The molecule has 0 radical (unpaired) electrons. The van der Waals surface area contributed by atoms with E-state index in [0.717, 1.165) is 32.5 Å². The van der Waals surface area contributed by atoms with Crippen molar-refractivity contribution in [2.75, 3.05) is 26.2 Å². The molecule has 0 saturated carbocycles. The molecule has 1 saturated heterocycles. The second-order valence-electron chi connectivity index (χ2n) is 3.53. The average molecular weight is 200 g/mol. The van der Waals surface area contributed by atoms with Crippen LogP contribution in [0.1, 0.15) is 26.2 Å². The first-order chi connectivity index (χ1) is 6.83. The van der Waals surface area contributed by atoms with Gasteiger partial charge >= 0.3 is 5.97 Å². The number of carbonyl (C=O) groups excluding carboxylic acids is 1. The second kappa shape index (κ2) is 6.79. The largest absolute Gasteiger partial charge is 0.466 e. The van der Waals surface area contributed by atoms with E-state index in [0.29, 0.717) is 19.1 Å². The standard InChI is InChI=1S/C10H20N2O2/c1-2-14-10(13)5-8-12-9-3-6-11-7-4-9/h9,11-12H,2-8H2,1H3. The van der Waals surface area contributed by atoms with E-state index in [2.05, 4.69) is 10.6 Å². The first-order valence-electron chi connectivity index (χ1n) is 5.42. The van der Waals surface area contributed by atoms with Gasteiger partial charge in [-0.2, -0.15) is 0 Å². The maximum absolute atomic E-state index is 11.0. The SMILES string of the molecule is CCOC(=O)CCNC1CCNCC1. The van der Waals surface area contributed by atoms with Crippen molar-refractivity contribution in [2.45, 2.75) is 32.2 Å². The minimum atomic E-state index is -0.103. The van der Waals surface area contributed by atoms with Gasteiger partial charge in [-0.05, 0) is 32.9 Å². The molecule has 0 amide bonds. The van der Waals surface area contributed by atoms with Crippen molar-refractivity contribution in [1.82, 2.24) is 10.6 Å². The Bertz CT molecular complexity index is 168. The molecule has 14 heavy (non-hydrogen) atoms. The zero-order valence-corrected chi connectivity index (χ0v) is 8.84. The summed E-state index contributed by atoms with van der Waals surface area (Å²) in [6.45, 7) is 5.21. The molecule has 82 valence electrons. The smallest absolute Gasteiger partial charge is 0.307 e. The molecule has 0 aromatic rings. The summed E-state index contributed by atoms with van der Waals surface area (Å²) in [4.78, 5) is 11.0. The molecule has 0 unspecified atom stereocenters. The number of piperidine rings is 1. The van der Waals surface area contributed by atoms with Gasteiger partial charge in [0.25, 0.3) is 0 Å². The number of hydrogen-bond donors (Lipinski definition) is 2. The van der Waals surface area contributed by atoms with Crippen LogP contribution in [0.5, 0.6) is 0 Å². The summed E-state index contributed by atoms with van der Waals surface area (Å²) in [7, 11) is 0. The van der Waals surface area contributed by atoms with E-state index in [1.807, 2.05) is 6.92 Å². The Morgan fingerprint density at radius 2 is 2.21 bits per heavy atom. The van der Waals surface area contributed by atoms with Crippen LogP contribution in [-0.2, 0) is 9.53 Å². The van der Waals surface area contributed by atoms with Crippen LogP contribution in [0.4, 0.5) is 0 Å². The lowest BCUT2D eigenvalue weighted by Crippen LogP contribution is -2.40. The van der Waals surface area contributed by atoms with Gasteiger partial charge in [-0.25, -0.2) is 0 Å². The minimum absolute atomic E-state index is 0.103. The molecular formula is C10H20N2O2. The molecule has 2 N–H and O–H groups in total. The average Bonchev–Trinajstić information content (AvgIpc) is 2.20. The highest BCUT2D eigenvalue weighted by molar-refractivity contribution is 5.69. The fourth-order valence-electron chi connectivity index (χ4n) is 1.64. The summed E-state index contributed by atoms with van der Waals surface area (Å²) < 4.78 is 4.84. The summed E-state index contributed by atoms with van der Waals surface area (Å²) in [5.41, 5.74) is 0. The van der Waals surface area contributed by atoms with Crippen molar-refractivity contribution < 1.29 is 9.53 Å². The van der Waals surface area contributed by atoms with E-state index in [1.165, 1.54) is 0 Å². The normalized spacial score (nSPS) is 18.1. The topological polar surface area (TPSA) is 50.4 Å². The molecule has 0 aromatic heterocycles. The van der Waals surface area contributed by atoms with Crippen LogP contribution in [0.15, 0.2) is 0 Å². The molecule has 1 heterocycles. The number of rotatable bonds is 5. The third kappa shape index (κ3) is 4.58. The van der Waals surface area contributed by atoms with Gasteiger partial charge in [0.05, 0.1) is 13.0 Å². The monoisotopic (exact) mass is 200 g/mol. The lowest BCUT2D eigenvalue weighted by molar-refractivity contribution is -0.143. The number of carbonyl (C=O) groups is 1. The third-order valence-corrected chi connectivity index (χ3v) is 2.41. The highest BCUT2D eigenvalue weighted by Crippen LogP contribution is 2.01. The van der Waals surface area contributed by atoms with Crippen molar-refractivity contribution >= 4 is 5.97 Å². The van der Waals surface area contributed by atoms with Gasteiger partial charge in [-0.3, -0.25) is 4.79 Å². The van der Waals surface area contributed by atoms with Gasteiger partial charge in [0.1, 0.15) is 0 Å². The van der Waals surface area contributed by atoms with Crippen LogP contribution in [0.2, 0.25) is 0 Å². The fourth-order valence-corrected chi connectivity index (χ4v) is 1.64. The van der Waals surface area contributed by atoms with Crippen molar-refractivity contribution in [3.63, 3.8) is 0 Å². The predicted molar refractivity (Wildman–Crippen MR) is 55.1 cm³/mol. The molecule has 1 aliphatic heterocycles. The van der Waals surface area contributed by atoms with E-state index >= 15 is 0 Å². The zero-order valence-electron chi connectivity index (χ0n) is 8.84. The third-order valence-electron chi connectivity index (χ3n) is 2.41. The number of ether oxygens (including phenoxy) is 1. The summed E-state index contributed by atoms with van der Waals surface area (Å²) in [5.74, 6) is -0.103. The number of esters is 1. The number of nitrogens with one attached hydrogen (secondary N) is 2. The van der Waals surface area contributed by atoms with Crippen LogP contribution < -0.4 is 10.6 Å². The summed E-state index contributed by atoms with van der Waals surface area (Å²) >= 11 is 0. The Balaban J connectivity index is 1.99. The summed E-state index contributed by atoms with van der Waals surface area (Å²) in [6.07, 6.45) is 2.80. The molecule has 4 heteroatoms. The van der Waals surface area contributed by atoms with Crippen molar-refractivity contribution in [3.05, 3.63) is 0 Å². The van der Waals surface area contributed by atoms with Crippen molar-refractivity contribution in [1.29, 1.82) is 0 Å². The highest BCUT2D eigenvalue weighted by Gasteiger charge is 2.12. The van der Waals surface area contributed by atoms with E-state index in [9.17, 15) is 4.79 Å². The predicted octanol–water partition coefficient (Wildman–Crippen LogP) is 0.281. The van der Waals surface area contributed by atoms with Crippen LogP contribution in [0.3, 0.4) is 0 Å². The van der Waals surface area contributed by atoms with Crippen LogP contribution in [0, 0.1) is 0 Å². The van der Waals surface area contributed by atoms with Gasteiger partial charge in [-0.1, -0.05) is 0 Å². The Kier molecular flexibility index (Phi) is 5.56. The maximum Gasteiger partial charge on any atom is 0.307 e. The highest BCUT2D eigenvalue weighted by atomic mass is 16.5. The molecule has 0 aliphatic carbocycles. The van der Waals surface area contributed by atoms with Gasteiger partial charge < -0.3 is 15.4 Å². The van der Waals surface area contributed by atoms with E-state index in [-0.39, 0.29) is 5.97 Å². The number of hydrogen-bond acceptors (Lipinski definition) is 4. The molecule has 1 aliphatic rings. The second-order valence-corrected chi connectivity index (χ2v) is 3.53.